The molecule has 0 aromatic carbocycles. The minimum absolute atomic E-state index is 0.120. The van der Waals surface area contributed by atoms with Gasteiger partial charge in [-0.2, -0.15) is 0 Å². The van der Waals surface area contributed by atoms with Crippen LogP contribution in [0.25, 0.3) is 0 Å². The molecule has 1 aliphatic rings. The molecule has 8 nitrogen and oxygen atoms in total. The molecule has 0 saturated carbocycles. The predicted octanol–water partition coefficient (Wildman–Crippen LogP) is 1.42. The van der Waals surface area contributed by atoms with Crippen LogP contribution in [0.1, 0.15) is 34.1 Å². The quantitative estimate of drug-likeness (QED) is 0.494. The Hall–Kier alpha value is -1.77. The van der Waals surface area contributed by atoms with Crippen LogP contribution in [0, 0.1) is 11.8 Å². The highest BCUT2D eigenvalue weighted by atomic mass is 32.2. The lowest BCUT2D eigenvalue weighted by atomic mass is 10.00. The molecule has 1 aliphatic heterocycles. The van der Waals surface area contributed by atoms with Gasteiger partial charge in [-0.15, -0.1) is 5.10 Å². The van der Waals surface area contributed by atoms with Gasteiger partial charge in [0.25, 0.3) is 0 Å². The maximum Gasteiger partial charge on any atom is 0.407 e. The van der Waals surface area contributed by atoms with E-state index in [0.29, 0.717) is 11.6 Å². The number of ketones is 1. The SMILES string of the molecule is CC(C)COC(=O)N[C@@H](CC(C)C)C(=O)C(=O)NN=C1SCCN1C. The standard InChI is InChI=1S/C16H28N4O4S/c1-10(2)8-12(17-16(23)24-9-11(3)4)13(21)14(22)18-19-15-20(5)6-7-25-15/h10-12H,6-9H2,1-5H3,(H,17,23)(H,18,22)/t12-/m0/s1. The number of Topliss-reactive ketones (excluding diaryl/α,β-unsaturated/α-hetero) is 1. The van der Waals surface area contributed by atoms with E-state index in [-0.39, 0.29) is 18.4 Å². The molecule has 2 amide bonds. The molecule has 0 aromatic heterocycles. The Labute approximate surface area is 153 Å². The van der Waals surface area contributed by atoms with Crippen molar-refractivity contribution in [3.05, 3.63) is 0 Å². The third-order valence-corrected chi connectivity index (χ3v) is 4.37. The van der Waals surface area contributed by atoms with Crippen molar-refractivity contribution in [3.8, 4) is 0 Å². The van der Waals surface area contributed by atoms with E-state index < -0.39 is 23.8 Å². The summed E-state index contributed by atoms with van der Waals surface area (Å²) in [7, 11) is 1.86. The van der Waals surface area contributed by atoms with Crippen molar-refractivity contribution in [1.29, 1.82) is 0 Å². The summed E-state index contributed by atoms with van der Waals surface area (Å²) in [5.74, 6) is -0.383. The summed E-state index contributed by atoms with van der Waals surface area (Å²) in [6.45, 7) is 8.72. The minimum atomic E-state index is -0.936. The second-order valence-corrected chi connectivity index (χ2v) is 7.85. The number of ether oxygens (including phenoxy) is 1. The molecule has 0 aliphatic carbocycles. The summed E-state index contributed by atoms with van der Waals surface area (Å²) < 4.78 is 5.03. The number of hydrazone groups is 1. The van der Waals surface area contributed by atoms with Crippen LogP contribution >= 0.6 is 11.8 Å². The van der Waals surface area contributed by atoms with Gasteiger partial charge in [-0.3, -0.25) is 9.59 Å². The molecule has 9 heteroatoms. The normalized spacial score (nSPS) is 17.1. The van der Waals surface area contributed by atoms with Gasteiger partial charge in [-0.05, 0) is 18.3 Å². The van der Waals surface area contributed by atoms with E-state index in [2.05, 4.69) is 15.8 Å². The average Bonchev–Trinajstić information content (AvgIpc) is 2.94. The first kappa shape index (κ1) is 21.3. The summed E-state index contributed by atoms with van der Waals surface area (Å²) in [6.07, 6.45) is -0.355. The zero-order valence-electron chi connectivity index (χ0n) is 15.5. The third kappa shape index (κ3) is 7.76. The van der Waals surface area contributed by atoms with Crippen molar-refractivity contribution in [3.63, 3.8) is 0 Å². The highest BCUT2D eigenvalue weighted by molar-refractivity contribution is 8.14. The monoisotopic (exact) mass is 372 g/mol. The molecule has 0 radical (unpaired) electrons. The zero-order valence-corrected chi connectivity index (χ0v) is 16.3. The van der Waals surface area contributed by atoms with Crippen molar-refractivity contribution in [2.24, 2.45) is 16.9 Å². The molecule has 0 unspecified atom stereocenters. The second kappa shape index (κ2) is 10.3. The van der Waals surface area contributed by atoms with Gasteiger partial charge in [0.2, 0.25) is 5.78 Å². The van der Waals surface area contributed by atoms with Gasteiger partial charge in [-0.1, -0.05) is 39.5 Å². The Kier molecular flexibility index (Phi) is 8.74. The fourth-order valence-electron chi connectivity index (χ4n) is 2.04. The lowest BCUT2D eigenvalue weighted by Gasteiger charge is -2.19. The molecule has 142 valence electrons. The van der Waals surface area contributed by atoms with E-state index in [4.69, 9.17) is 4.74 Å². The summed E-state index contributed by atoms with van der Waals surface area (Å²) in [5, 5.41) is 7.11. The Bertz CT molecular complexity index is 522. The number of carbonyl (C=O) groups excluding carboxylic acids is 3. The number of hydrogen-bond donors (Lipinski definition) is 2. The van der Waals surface area contributed by atoms with Crippen LogP contribution in [-0.2, 0) is 14.3 Å². The Morgan fingerprint density at radius 1 is 1.24 bits per heavy atom. The zero-order chi connectivity index (χ0) is 19.0. The molecule has 2 N–H and O–H groups in total. The van der Waals surface area contributed by atoms with Crippen molar-refractivity contribution < 1.29 is 19.1 Å². The number of alkyl carbamates (subject to hydrolysis) is 1. The van der Waals surface area contributed by atoms with Crippen molar-refractivity contribution in [2.45, 2.75) is 40.2 Å². The number of rotatable bonds is 8. The van der Waals surface area contributed by atoms with Gasteiger partial charge in [0.1, 0.15) is 6.04 Å². The highest BCUT2D eigenvalue weighted by Crippen LogP contribution is 2.14. The summed E-state index contributed by atoms with van der Waals surface area (Å²) >= 11 is 1.50. The van der Waals surface area contributed by atoms with Crippen LogP contribution in [0.2, 0.25) is 0 Å². The number of amides is 2. The van der Waals surface area contributed by atoms with E-state index in [0.717, 1.165) is 12.3 Å². The third-order valence-electron chi connectivity index (χ3n) is 3.32. The molecule has 1 atom stereocenters. The summed E-state index contributed by atoms with van der Waals surface area (Å²) in [5.41, 5.74) is 2.28. The average molecular weight is 372 g/mol. The smallest absolute Gasteiger partial charge is 0.407 e. The maximum atomic E-state index is 12.4. The molecule has 1 heterocycles. The maximum absolute atomic E-state index is 12.4. The lowest BCUT2D eigenvalue weighted by molar-refractivity contribution is -0.139. The Balaban J connectivity index is 2.65. The second-order valence-electron chi connectivity index (χ2n) is 6.79. The number of carbonyl (C=O) groups is 3. The first-order valence-corrected chi connectivity index (χ1v) is 9.38. The number of thioether (sulfide) groups is 1. The largest absolute Gasteiger partial charge is 0.449 e. The van der Waals surface area contributed by atoms with Gasteiger partial charge in [0.15, 0.2) is 5.17 Å². The van der Waals surface area contributed by atoms with Gasteiger partial charge < -0.3 is 15.0 Å². The van der Waals surface area contributed by atoms with E-state index in [1.165, 1.54) is 11.8 Å². The van der Waals surface area contributed by atoms with Crippen LogP contribution in [0.5, 0.6) is 0 Å². The number of nitrogens with zero attached hydrogens (tertiary/aromatic N) is 2. The van der Waals surface area contributed by atoms with Gasteiger partial charge in [-0.25, -0.2) is 10.2 Å². The first-order valence-electron chi connectivity index (χ1n) is 8.39. The molecule has 1 fully saturated rings. The van der Waals surface area contributed by atoms with Crippen LogP contribution in [-0.4, -0.2) is 59.8 Å². The number of amidine groups is 1. The molecule has 0 aromatic rings. The first-order chi connectivity index (χ1) is 11.7. The van der Waals surface area contributed by atoms with Crippen LogP contribution in [0.3, 0.4) is 0 Å². The van der Waals surface area contributed by atoms with Gasteiger partial charge in [0.05, 0.1) is 6.61 Å². The van der Waals surface area contributed by atoms with Gasteiger partial charge in [0, 0.05) is 19.3 Å². The summed E-state index contributed by atoms with van der Waals surface area (Å²) in [6, 6.07) is -0.936. The lowest BCUT2D eigenvalue weighted by Crippen LogP contribution is -2.47. The summed E-state index contributed by atoms with van der Waals surface area (Å²) in [4.78, 5) is 38.2. The van der Waals surface area contributed by atoms with Crippen molar-refractivity contribution in [2.75, 3.05) is 26.0 Å². The topological polar surface area (TPSA) is 100 Å². The number of nitrogens with one attached hydrogen (secondary N) is 2. The fourth-order valence-corrected chi connectivity index (χ4v) is 3.01. The Morgan fingerprint density at radius 3 is 2.44 bits per heavy atom. The number of hydrogen-bond acceptors (Lipinski definition) is 6. The molecule has 1 saturated heterocycles. The fraction of sp³-hybridized carbons (Fsp3) is 0.750. The molecule has 1 rings (SSSR count). The van der Waals surface area contributed by atoms with E-state index >= 15 is 0 Å². The van der Waals surface area contributed by atoms with Gasteiger partial charge >= 0.3 is 12.0 Å². The van der Waals surface area contributed by atoms with E-state index in [1.807, 2.05) is 39.6 Å². The molecule has 0 spiro atoms. The van der Waals surface area contributed by atoms with Crippen LogP contribution < -0.4 is 10.7 Å². The molecule has 25 heavy (non-hydrogen) atoms. The van der Waals surface area contributed by atoms with Crippen molar-refractivity contribution >= 4 is 34.7 Å². The Morgan fingerprint density at radius 2 is 1.92 bits per heavy atom. The minimum Gasteiger partial charge on any atom is -0.449 e. The highest BCUT2D eigenvalue weighted by Gasteiger charge is 2.28. The van der Waals surface area contributed by atoms with Crippen molar-refractivity contribution in [1.82, 2.24) is 15.6 Å². The molecule has 0 bridgehead atoms. The van der Waals surface area contributed by atoms with Crippen LogP contribution in [0.4, 0.5) is 4.79 Å². The molecular weight excluding hydrogens is 344 g/mol. The predicted molar refractivity (Wildman–Crippen MR) is 98.2 cm³/mol. The van der Waals surface area contributed by atoms with Crippen LogP contribution in [0.15, 0.2) is 5.10 Å². The molecular formula is C16H28N4O4S. The van der Waals surface area contributed by atoms with E-state index in [9.17, 15) is 14.4 Å². The van der Waals surface area contributed by atoms with E-state index in [1.54, 1.807) is 0 Å².